The van der Waals surface area contributed by atoms with Crippen molar-refractivity contribution in [2.24, 2.45) is 11.8 Å². The number of ether oxygens (including phenoxy) is 1. The van der Waals surface area contributed by atoms with E-state index in [4.69, 9.17) is 4.74 Å². The minimum atomic E-state index is -0.422. The number of nitrogens with zero attached hydrogens (tertiary/aromatic N) is 3. The van der Waals surface area contributed by atoms with Crippen LogP contribution >= 0.6 is 0 Å². The maximum absolute atomic E-state index is 12.0. The summed E-state index contributed by atoms with van der Waals surface area (Å²) >= 11 is 0. The monoisotopic (exact) mass is 482 g/mol. The Balaban J connectivity index is 0.000000211. The van der Waals surface area contributed by atoms with Gasteiger partial charge in [-0.05, 0) is 95.6 Å². The molecule has 0 aliphatic carbocycles. The largest absolute Gasteiger partial charge is 0.444 e. The third kappa shape index (κ3) is 10.5. The van der Waals surface area contributed by atoms with Crippen LogP contribution in [0, 0.1) is 11.8 Å². The molecule has 0 spiro atoms. The molecule has 2 aliphatic heterocycles. The molecule has 8 nitrogen and oxygen atoms in total. The number of hydrogen-bond donors (Lipinski definition) is 3. The van der Waals surface area contributed by atoms with Gasteiger partial charge in [-0.2, -0.15) is 0 Å². The molecule has 35 heavy (non-hydrogen) atoms. The van der Waals surface area contributed by atoms with Crippen LogP contribution in [-0.2, 0) is 4.74 Å². The number of carbonyl (C=O) groups excluding carboxylic acids is 1. The minimum Gasteiger partial charge on any atom is -0.444 e. The zero-order valence-corrected chi connectivity index (χ0v) is 21.5. The highest BCUT2D eigenvalue weighted by Crippen LogP contribution is 2.20. The van der Waals surface area contributed by atoms with E-state index in [2.05, 4.69) is 25.9 Å². The van der Waals surface area contributed by atoms with Gasteiger partial charge in [-0.25, -0.2) is 14.8 Å². The second-order valence-corrected chi connectivity index (χ2v) is 10.3. The molecule has 0 aromatic carbocycles. The van der Waals surface area contributed by atoms with Gasteiger partial charge in [0.1, 0.15) is 17.2 Å². The molecule has 0 saturated carbocycles. The van der Waals surface area contributed by atoms with Crippen molar-refractivity contribution in [1.82, 2.24) is 20.2 Å². The quantitative estimate of drug-likeness (QED) is 0.553. The molecule has 4 heterocycles. The van der Waals surface area contributed by atoms with Crippen LogP contribution < -0.4 is 16.0 Å². The number of pyridine rings is 2. The Bertz CT molecular complexity index is 845. The molecule has 0 bridgehead atoms. The molecule has 0 unspecified atom stereocenters. The number of nitrogens with one attached hydrogen (secondary N) is 3. The Morgan fingerprint density at radius 2 is 1.43 bits per heavy atom. The van der Waals surface area contributed by atoms with E-state index < -0.39 is 5.60 Å². The standard InChI is InChI=1S/C16H25N3O2.C11H17N3/c1-16(2,3)21-15(20)19-10-7-13(8-11-19)12-18-14-6-4-5-9-17-14;1-2-6-13-11(3-1)14-9-10-4-7-12-8-5-10/h4-6,9,13H,7-8,10-12H2,1-3H3,(H,17,18);1-3,6,10,12H,4-5,7-9H2,(H,13,14). The molecule has 2 aromatic heterocycles. The number of amides is 1. The lowest BCUT2D eigenvalue weighted by Crippen LogP contribution is -2.42. The van der Waals surface area contributed by atoms with Crippen LogP contribution in [0.15, 0.2) is 48.8 Å². The lowest BCUT2D eigenvalue weighted by Gasteiger charge is -2.33. The summed E-state index contributed by atoms with van der Waals surface area (Å²) in [5, 5.41) is 10.1. The Labute approximate surface area is 210 Å². The van der Waals surface area contributed by atoms with Crippen LogP contribution in [0.1, 0.15) is 46.5 Å². The third-order valence-electron chi connectivity index (χ3n) is 6.20. The molecule has 2 fully saturated rings. The first kappa shape index (κ1) is 26.7. The summed E-state index contributed by atoms with van der Waals surface area (Å²) in [7, 11) is 0. The predicted molar refractivity (Wildman–Crippen MR) is 142 cm³/mol. The van der Waals surface area contributed by atoms with E-state index in [9.17, 15) is 4.79 Å². The van der Waals surface area contributed by atoms with Gasteiger partial charge in [0.2, 0.25) is 0 Å². The lowest BCUT2D eigenvalue weighted by atomic mass is 9.97. The van der Waals surface area contributed by atoms with Gasteiger partial charge in [0.15, 0.2) is 0 Å². The van der Waals surface area contributed by atoms with Gasteiger partial charge in [0.05, 0.1) is 0 Å². The highest BCUT2D eigenvalue weighted by Gasteiger charge is 2.26. The number of aromatic nitrogens is 2. The molecular weight excluding hydrogens is 440 g/mol. The van der Waals surface area contributed by atoms with E-state index in [0.29, 0.717) is 5.92 Å². The summed E-state index contributed by atoms with van der Waals surface area (Å²) in [6, 6.07) is 11.8. The number of rotatable bonds is 6. The second-order valence-electron chi connectivity index (χ2n) is 10.3. The van der Waals surface area contributed by atoms with E-state index in [-0.39, 0.29) is 6.09 Å². The SMILES string of the molecule is CC(C)(C)OC(=O)N1CCC(CNc2ccccn2)CC1.c1ccc(NCC2CCNCC2)nc1. The van der Waals surface area contributed by atoms with Gasteiger partial charge in [0, 0.05) is 38.6 Å². The topological polar surface area (TPSA) is 91.4 Å². The van der Waals surface area contributed by atoms with Crippen LogP contribution in [-0.4, -0.2) is 65.8 Å². The van der Waals surface area contributed by atoms with E-state index in [1.165, 1.54) is 12.8 Å². The lowest BCUT2D eigenvalue weighted by molar-refractivity contribution is 0.0188. The van der Waals surface area contributed by atoms with Gasteiger partial charge in [0.25, 0.3) is 0 Å². The summed E-state index contributed by atoms with van der Waals surface area (Å²) in [5.74, 6) is 3.28. The predicted octanol–water partition coefficient (Wildman–Crippen LogP) is 4.63. The van der Waals surface area contributed by atoms with E-state index >= 15 is 0 Å². The number of likely N-dealkylation sites (tertiary alicyclic amines) is 1. The van der Waals surface area contributed by atoms with Gasteiger partial charge in [-0.3, -0.25) is 0 Å². The fourth-order valence-corrected chi connectivity index (χ4v) is 4.16. The normalized spacial score (nSPS) is 17.2. The van der Waals surface area contributed by atoms with Crippen molar-refractivity contribution in [3.63, 3.8) is 0 Å². The molecule has 1 amide bonds. The first-order valence-corrected chi connectivity index (χ1v) is 12.9. The minimum absolute atomic E-state index is 0.196. The number of piperidine rings is 2. The third-order valence-corrected chi connectivity index (χ3v) is 6.20. The molecule has 192 valence electrons. The van der Waals surface area contributed by atoms with Gasteiger partial charge < -0.3 is 25.6 Å². The smallest absolute Gasteiger partial charge is 0.410 e. The molecule has 4 rings (SSSR count). The maximum atomic E-state index is 12.0. The Kier molecular flexibility index (Phi) is 10.6. The van der Waals surface area contributed by atoms with Gasteiger partial charge >= 0.3 is 6.09 Å². The first-order chi connectivity index (χ1) is 16.9. The average Bonchev–Trinajstić information content (AvgIpc) is 2.88. The van der Waals surface area contributed by atoms with Crippen molar-refractivity contribution in [1.29, 1.82) is 0 Å². The zero-order valence-electron chi connectivity index (χ0n) is 21.5. The van der Waals surface area contributed by atoms with Crippen molar-refractivity contribution in [2.75, 3.05) is 49.9 Å². The fraction of sp³-hybridized carbons (Fsp3) is 0.593. The van der Waals surface area contributed by atoms with E-state index in [0.717, 1.165) is 69.7 Å². The summed E-state index contributed by atoms with van der Waals surface area (Å²) < 4.78 is 5.40. The molecule has 3 N–H and O–H groups in total. The van der Waals surface area contributed by atoms with Crippen LogP contribution in [0.5, 0.6) is 0 Å². The molecular formula is C27H42N6O2. The van der Waals surface area contributed by atoms with Gasteiger partial charge in [-0.1, -0.05) is 12.1 Å². The second kappa shape index (κ2) is 13.9. The highest BCUT2D eigenvalue weighted by molar-refractivity contribution is 5.68. The summed E-state index contributed by atoms with van der Waals surface area (Å²) in [5.41, 5.74) is -0.422. The summed E-state index contributed by atoms with van der Waals surface area (Å²) in [4.78, 5) is 22.3. The Morgan fingerprint density at radius 3 is 1.89 bits per heavy atom. The van der Waals surface area contributed by atoms with Crippen LogP contribution in [0.3, 0.4) is 0 Å². The Hall–Kier alpha value is -2.87. The number of carbonyl (C=O) groups is 1. The van der Waals surface area contributed by atoms with Gasteiger partial charge in [-0.15, -0.1) is 0 Å². The Morgan fingerprint density at radius 1 is 0.914 bits per heavy atom. The van der Waals surface area contributed by atoms with Crippen molar-refractivity contribution < 1.29 is 9.53 Å². The average molecular weight is 483 g/mol. The number of hydrogen-bond acceptors (Lipinski definition) is 7. The molecule has 0 radical (unpaired) electrons. The van der Waals surface area contributed by atoms with Crippen LogP contribution in [0.2, 0.25) is 0 Å². The summed E-state index contributed by atoms with van der Waals surface area (Å²) in [6.45, 7) is 11.5. The van der Waals surface area contributed by atoms with Crippen molar-refractivity contribution in [2.45, 2.75) is 52.1 Å². The van der Waals surface area contributed by atoms with E-state index in [1.807, 2.05) is 68.3 Å². The molecule has 0 atom stereocenters. The highest BCUT2D eigenvalue weighted by atomic mass is 16.6. The molecule has 2 aromatic rings. The van der Waals surface area contributed by atoms with Crippen molar-refractivity contribution >= 4 is 17.7 Å². The zero-order chi connectivity index (χ0) is 24.9. The van der Waals surface area contributed by atoms with Crippen molar-refractivity contribution in [3.05, 3.63) is 48.8 Å². The molecule has 8 heteroatoms. The van der Waals surface area contributed by atoms with E-state index in [1.54, 1.807) is 6.20 Å². The molecule has 2 saturated heterocycles. The number of anilines is 2. The van der Waals surface area contributed by atoms with Crippen molar-refractivity contribution in [3.8, 4) is 0 Å². The summed E-state index contributed by atoms with van der Waals surface area (Å²) in [6.07, 6.45) is 7.97. The maximum Gasteiger partial charge on any atom is 0.410 e. The van der Waals surface area contributed by atoms with Crippen LogP contribution in [0.25, 0.3) is 0 Å². The van der Waals surface area contributed by atoms with Crippen LogP contribution in [0.4, 0.5) is 16.4 Å². The fourth-order valence-electron chi connectivity index (χ4n) is 4.16. The first-order valence-electron chi connectivity index (χ1n) is 12.9. The molecule has 2 aliphatic rings.